The van der Waals surface area contributed by atoms with Crippen LogP contribution in [-0.4, -0.2) is 32.6 Å². The lowest BCUT2D eigenvalue weighted by Gasteiger charge is -2.13. The van der Waals surface area contributed by atoms with Crippen molar-refractivity contribution in [2.24, 2.45) is 0 Å². The quantitative estimate of drug-likeness (QED) is 0.845. The second kappa shape index (κ2) is 5.20. The van der Waals surface area contributed by atoms with E-state index in [9.17, 15) is 4.79 Å². The van der Waals surface area contributed by atoms with Gasteiger partial charge >= 0.3 is 0 Å². The molecule has 6 heteroatoms. The number of nitrogens with zero attached hydrogens (tertiary/aromatic N) is 3. The van der Waals surface area contributed by atoms with Crippen LogP contribution in [0.5, 0.6) is 0 Å². The Kier molecular flexibility index (Phi) is 3.40. The lowest BCUT2D eigenvalue weighted by Crippen LogP contribution is -2.42. The summed E-state index contributed by atoms with van der Waals surface area (Å²) in [5.74, 6) is 0.0662. The van der Waals surface area contributed by atoms with Gasteiger partial charge in [-0.3, -0.25) is 4.79 Å². The molecule has 0 aliphatic heterocycles. The maximum absolute atomic E-state index is 11.8. The zero-order chi connectivity index (χ0) is 14.1. The van der Waals surface area contributed by atoms with E-state index in [1.807, 2.05) is 32.3 Å². The standard InChI is InChI=1S/C14H19N5O/c1-9-5-13-16-7-11(8-19(13)18-9)6-15-10(2)14(20)17-12-3-4-12/h5,7-8,10,12,15H,3-4,6H2,1-2H3,(H,17,20). The third-order valence-corrected chi connectivity index (χ3v) is 3.42. The van der Waals surface area contributed by atoms with Crippen LogP contribution >= 0.6 is 0 Å². The zero-order valence-electron chi connectivity index (χ0n) is 11.8. The summed E-state index contributed by atoms with van der Waals surface area (Å²) in [6, 6.07) is 2.13. The molecule has 1 amide bonds. The summed E-state index contributed by atoms with van der Waals surface area (Å²) in [6.45, 7) is 4.42. The number of hydrogen-bond acceptors (Lipinski definition) is 4. The van der Waals surface area contributed by atoms with E-state index in [1.54, 1.807) is 4.52 Å². The van der Waals surface area contributed by atoms with Gasteiger partial charge in [-0.15, -0.1) is 0 Å². The van der Waals surface area contributed by atoms with Crippen molar-refractivity contribution in [1.29, 1.82) is 0 Å². The van der Waals surface area contributed by atoms with Crippen molar-refractivity contribution in [3.8, 4) is 0 Å². The molecular formula is C14H19N5O. The molecule has 106 valence electrons. The van der Waals surface area contributed by atoms with E-state index in [-0.39, 0.29) is 11.9 Å². The molecular weight excluding hydrogens is 254 g/mol. The highest BCUT2D eigenvalue weighted by Gasteiger charge is 2.25. The molecule has 0 bridgehead atoms. The molecule has 1 fully saturated rings. The highest BCUT2D eigenvalue weighted by molar-refractivity contribution is 5.81. The van der Waals surface area contributed by atoms with Crippen molar-refractivity contribution in [2.45, 2.75) is 45.3 Å². The number of amides is 1. The van der Waals surface area contributed by atoms with Crippen LogP contribution < -0.4 is 10.6 Å². The van der Waals surface area contributed by atoms with Gasteiger partial charge in [-0.1, -0.05) is 0 Å². The SMILES string of the molecule is Cc1cc2ncc(CNC(C)C(=O)NC3CC3)cn2n1. The Morgan fingerprint density at radius 3 is 3.10 bits per heavy atom. The maximum Gasteiger partial charge on any atom is 0.237 e. The van der Waals surface area contributed by atoms with Gasteiger partial charge in [-0.2, -0.15) is 5.10 Å². The molecule has 1 aliphatic rings. The number of fused-ring (bicyclic) bond motifs is 1. The second-order valence-corrected chi connectivity index (χ2v) is 5.44. The molecule has 1 unspecified atom stereocenters. The van der Waals surface area contributed by atoms with Crippen molar-refractivity contribution in [3.05, 3.63) is 29.7 Å². The molecule has 6 nitrogen and oxygen atoms in total. The molecule has 0 spiro atoms. The van der Waals surface area contributed by atoms with Crippen molar-refractivity contribution in [2.75, 3.05) is 0 Å². The van der Waals surface area contributed by atoms with Gasteiger partial charge in [-0.05, 0) is 26.7 Å². The summed E-state index contributed by atoms with van der Waals surface area (Å²) < 4.78 is 1.77. The molecule has 0 saturated heterocycles. The average molecular weight is 273 g/mol. The second-order valence-electron chi connectivity index (χ2n) is 5.44. The minimum atomic E-state index is -0.203. The maximum atomic E-state index is 11.8. The van der Waals surface area contributed by atoms with Gasteiger partial charge in [0, 0.05) is 36.6 Å². The highest BCUT2D eigenvalue weighted by atomic mass is 16.2. The van der Waals surface area contributed by atoms with Crippen LogP contribution in [-0.2, 0) is 11.3 Å². The lowest BCUT2D eigenvalue weighted by molar-refractivity contribution is -0.122. The molecule has 1 saturated carbocycles. The lowest BCUT2D eigenvalue weighted by atomic mass is 10.2. The Balaban J connectivity index is 1.59. The molecule has 20 heavy (non-hydrogen) atoms. The molecule has 2 N–H and O–H groups in total. The minimum Gasteiger partial charge on any atom is -0.352 e. The van der Waals surface area contributed by atoms with E-state index < -0.39 is 0 Å². The first-order valence-corrected chi connectivity index (χ1v) is 6.96. The Bertz CT molecular complexity index is 632. The van der Waals surface area contributed by atoms with Crippen molar-refractivity contribution in [3.63, 3.8) is 0 Å². The van der Waals surface area contributed by atoms with E-state index in [1.165, 1.54) is 0 Å². The third-order valence-electron chi connectivity index (χ3n) is 3.42. The first kappa shape index (κ1) is 13.1. The summed E-state index contributed by atoms with van der Waals surface area (Å²) in [5, 5.41) is 10.5. The summed E-state index contributed by atoms with van der Waals surface area (Å²) in [5.41, 5.74) is 2.79. The number of rotatable bonds is 5. The van der Waals surface area contributed by atoms with E-state index in [4.69, 9.17) is 0 Å². The summed E-state index contributed by atoms with van der Waals surface area (Å²) >= 11 is 0. The van der Waals surface area contributed by atoms with Crippen LogP contribution in [0.1, 0.15) is 31.0 Å². The molecule has 3 rings (SSSR count). The largest absolute Gasteiger partial charge is 0.352 e. The number of nitrogens with one attached hydrogen (secondary N) is 2. The molecule has 2 heterocycles. The zero-order valence-corrected chi connectivity index (χ0v) is 11.8. The monoisotopic (exact) mass is 273 g/mol. The number of aromatic nitrogens is 3. The fraction of sp³-hybridized carbons (Fsp3) is 0.500. The van der Waals surface area contributed by atoms with Crippen molar-refractivity contribution in [1.82, 2.24) is 25.2 Å². The summed E-state index contributed by atoms with van der Waals surface area (Å²) in [7, 11) is 0. The van der Waals surface area contributed by atoms with Crippen LogP contribution in [0.25, 0.3) is 5.65 Å². The van der Waals surface area contributed by atoms with Gasteiger partial charge in [0.25, 0.3) is 0 Å². The van der Waals surface area contributed by atoms with Crippen molar-refractivity contribution >= 4 is 11.6 Å². The number of carbonyl (C=O) groups excluding carboxylic acids is 1. The topological polar surface area (TPSA) is 71.3 Å². The van der Waals surface area contributed by atoms with Gasteiger partial charge in [0.05, 0.1) is 11.7 Å². The number of hydrogen-bond donors (Lipinski definition) is 2. The van der Waals surface area contributed by atoms with Crippen LogP contribution in [0, 0.1) is 6.92 Å². The molecule has 1 aliphatic carbocycles. The molecule has 0 radical (unpaired) electrons. The predicted octanol–water partition coefficient (Wildman–Crippen LogP) is 0.794. The third kappa shape index (κ3) is 2.96. The Hall–Kier alpha value is -1.95. The van der Waals surface area contributed by atoms with Gasteiger partial charge in [0.15, 0.2) is 5.65 Å². The minimum absolute atomic E-state index is 0.0662. The fourth-order valence-corrected chi connectivity index (χ4v) is 2.04. The Labute approximate surface area is 117 Å². The highest BCUT2D eigenvalue weighted by Crippen LogP contribution is 2.18. The predicted molar refractivity (Wildman–Crippen MR) is 75.2 cm³/mol. The fourth-order valence-electron chi connectivity index (χ4n) is 2.04. The molecule has 0 aromatic carbocycles. The molecule has 1 atom stereocenters. The van der Waals surface area contributed by atoms with Crippen molar-refractivity contribution < 1.29 is 4.79 Å². The van der Waals surface area contributed by atoms with Crippen LogP contribution in [0.4, 0.5) is 0 Å². The number of carbonyl (C=O) groups is 1. The van der Waals surface area contributed by atoms with E-state index in [0.717, 1.165) is 29.7 Å². The first-order chi connectivity index (χ1) is 9.61. The van der Waals surface area contributed by atoms with Crippen LogP contribution in [0.3, 0.4) is 0 Å². The summed E-state index contributed by atoms with van der Waals surface area (Å²) in [6.07, 6.45) is 5.97. The molecule has 2 aromatic heterocycles. The van der Waals surface area contributed by atoms with E-state index in [0.29, 0.717) is 12.6 Å². The van der Waals surface area contributed by atoms with Gasteiger partial charge < -0.3 is 10.6 Å². The normalized spacial score (nSPS) is 16.3. The van der Waals surface area contributed by atoms with Gasteiger partial charge in [0.1, 0.15) is 0 Å². The van der Waals surface area contributed by atoms with Gasteiger partial charge in [-0.25, -0.2) is 9.50 Å². The Morgan fingerprint density at radius 1 is 1.55 bits per heavy atom. The van der Waals surface area contributed by atoms with E-state index >= 15 is 0 Å². The van der Waals surface area contributed by atoms with Crippen LogP contribution in [0.2, 0.25) is 0 Å². The number of aryl methyl sites for hydroxylation is 1. The average Bonchev–Trinajstić information content (AvgIpc) is 3.14. The smallest absolute Gasteiger partial charge is 0.237 e. The first-order valence-electron chi connectivity index (χ1n) is 6.96. The van der Waals surface area contributed by atoms with E-state index in [2.05, 4.69) is 20.7 Å². The summed E-state index contributed by atoms with van der Waals surface area (Å²) in [4.78, 5) is 16.2. The van der Waals surface area contributed by atoms with Gasteiger partial charge in [0.2, 0.25) is 5.91 Å². The molecule has 2 aromatic rings. The van der Waals surface area contributed by atoms with Crippen LogP contribution in [0.15, 0.2) is 18.5 Å². The Morgan fingerprint density at radius 2 is 2.35 bits per heavy atom.